The third-order valence-electron chi connectivity index (χ3n) is 2.43. The fourth-order valence-corrected chi connectivity index (χ4v) is 2.26. The Morgan fingerprint density at radius 1 is 1.15 bits per heavy atom. The van der Waals surface area contributed by atoms with Crippen molar-refractivity contribution in [3.05, 3.63) is 51.2 Å². The average molecular weight is 332 g/mol. The maximum absolute atomic E-state index is 12.1. The van der Waals surface area contributed by atoms with Crippen LogP contribution in [0.3, 0.4) is 0 Å². The van der Waals surface area contributed by atoms with Crippen LogP contribution in [0.1, 0.15) is 10.4 Å². The highest BCUT2D eigenvalue weighted by atomic mass is 35.5. The van der Waals surface area contributed by atoms with Crippen molar-refractivity contribution in [2.75, 3.05) is 12.4 Å². The first kappa shape index (κ1) is 14.9. The van der Waals surface area contributed by atoms with E-state index in [0.29, 0.717) is 22.0 Å². The maximum Gasteiger partial charge on any atom is 0.255 e. The van der Waals surface area contributed by atoms with E-state index in [0.717, 1.165) is 0 Å². The van der Waals surface area contributed by atoms with Gasteiger partial charge in [-0.25, -0.2) is 4.98 Å². The highest BCUT2D eigenvalue weighted by Crippen LogP contribution is 2.27. The van der Waals surface area contributed by atoms with E-state index in [1.165, 1.54) is 19.2 Å². The van der Waals surface area contributed by atoms with E-state index < -0.39 is 0 Å². The van der Waals surface area contributed by atoms with Gasteiger partial charge in [-0.15, -0.1) is 0 Å². The molecule has 0 radical (unpaired) electrons. The van der Waals surface area contributed by atoms with Gasteiger partial charge in [-0.2, -0.15) is 0 Å². The fraction of sp³-hybridized carbons (Fsp3) is 0.0769. The van der Waals surface area contributed by atoms with Crippen LogP contribution in [-0.2, 0) is 0 Å². The number of carbonyl (C=O) groups excluding carboxylic acids is 1. The zero-order valence-corrected chi connectivity index (χ0v) is 12.6. The highest BCUT2D eigenvalue weighted by Gasteiger charge is 2.10. The molecule has 0 saturated carbocycles. The molecule has 0 saturated heterocycles. The number of hydrogen-bond donors (Lipinski definition) is 1. The molecule has 1 aromatic heterocycles. The molecule has 1 heterocycles. The monoisotopic (exact) mass is 330 g/mol. The van der Waals surface area contributed by atoms with Crippen molar-refractivity contribution in [3.63, 3.8) is 0 Å². The summed E-state index contributed by atoms with van der Waals surface area (Å²) in [5.41, 5.74) is 0.840. The summed E-state index contributed by atoms with van der Waals surface area (Å²) < 4.78 is 5.03. The first-order valence-corrected chi connectivity index (χ1v) is 6.61. The Morgan fingerprint density at radius 2 is 1.80 bits per heavy atom. The number of halogens is 3. The smallest absolute Gasteiger partial charge is 0.255 e. The second kappa shape index (κ2) is 6.31. The van der Waals surface area contributed by atoms with Crippen LogP contribution in [0.2, 0.25) is 15.3 Å². The molecule has 2 rings (SSSR count). The van der Waals surface area contributed by atoms with Gasteiger partial charge < -0.3 is 10.1 Å². The van der Waals surface area contributed by atoms with E-state index >= 15 is 0 Å². The first-order valence-electron chi connectivity index (χ1n) is 5.47. The van der Waals surface area contributed by atoms with Gasteiger partial charge in [0, 0.05) is 11.3 Å². The molecule has 0 fully saturated rings. The van der Waals surface area contributed by atoms with Crippen LogP contribution in [0.5, 0.6) is 5.75 Å². The van der Waals surface area contributed by atoms with Crippen LogP contribution < -0.4 is 10.1 Å². The molecule has 104 valence electrons. The minimum Gasteiger partial charge on any atom is -0.495 e. The Hall–Kier alpha value is -1.49. The van der Waals surface area contributed by atoms with E-state index in [4.69, 9.17) is 39.5 Å². The third-order valence-corrected chi connectivity index (χ3v) is 3.12. The lowest BCUT2D eigenvalue weighted by Gasteiger charge is -2.08. The molecule has 2 aromatic rings. The number of aromatic nitrogens is 1. The van der Waals surface area contributed by atoms with E-state index in [-0.39, 0.29) is 16.2 Å². The molecule has 0 aliphatic heterocycles. The summed E-state index contributed by atoms with van der Waals surface area (Å²) in [7, 11) is 1.51. The van der Waals surface area contributed by atoms with Crippen molar-refractivity contribution >= 4 is 46.4 Å². The van der Waals surface area contributed by atoms with Gasteiger partial charge in [0.2, 0.25) is 0 Å². The van der Waals surface area contributed by atoms with Gasteiger partial charge in [-0.1, -0.05) is 34.8 Å². The number of amides is 1. The van der Waals surface area contributed by atoms with E-state index in [2.05, 4.69) is 10.3 Å². The third kappa shape index (κ3) is 3.54. The summed E-state index contributed by atoms with van der Waals surface area (Å²) in [6, 6.07) is 7.77. The molecule has 0 unspecified atom stereocenters. The Bertz CT molecular complexity index is 642. The predicted octanol–water partition coefficient (Wildman–Crippen LogP) is 4.30. The first-order chi connectivity index (χ1) is 9.49. The van der Waals surface area contributed by atoms with Gasteiger partial charge in [0.25, 0.3) is 5.91 Å². The molecule has 1 N–H and O–H groups in total. The molecule has 20 heavy (non-hydrogen) atoms. The lowest BCUT2D eigenvalue weighted by Crippen LogP contribution is -2.12. The van der Waals surface area contributed by atoms with Gasteiger partial charge in [0.05, 0.1) is 12.1 Å². The van der Waals surface area contributed by atoms with Gasteiger partial charge in [0.1, 0.15) is 16.1 Å². The Morgan fingerprint density at radius 3 is 2.35 bits per heavy atom. The number of nitrogens with zero attached hydrogens (tertiary/aromatic N) is 1. The van der Waals surface area contributed by atoms with E-state index in [1.807, 2.05) is 0 Å². The number of benzene rings is 1. The Kier molecular flexibility index (Phi) is 4.70. The standard InChI is InChI=1S/C13H9Cl3N2O2/c1-20-10-3-2-8(6-9(10)14)17-13(19)7-4-11(15)18-12(16)5-7/h2-6H,1H3,(H,17,19). The normalized spacial score (nSPS) is 10.2. The molecule has 0 aliphatic rings. The van der Waals surface area contributed by atoms with Gasteiger partial charge in [0.15, 0.2) is 0 Å². The summed E-state index contributed by atoms with van der Waals surface area (Å²) in [4.78, 5) is 15.8. The lowest BCUT2D eigenvalue weighted by atomic mass is 10.2. The number of ether oxygens (including phenoxy) is 1. The van der Waals surface area contributed by atoms with Crippen LogP contribution in [-0.4, -0.2) is 18.0 Å². The number of nitrogens with one attached hydrogen (secondary N) is 1. The molecule has 4 nitrogen and oxygen atoms in total. The van der Waals surface area contributed by atoms with Gasteiger partial charge in [-0.05, 0) is 30.3 Å². The maximum atomic E-state index is 12.1. The average Bonchev–Trinajstić information content (AvgIpc) is 2.37. The van der Waals surface area contributed by atoms with Crippen molar-refractivity contribution in [2.45, 2.75) is 0 Å². The van der Waals surface area contributed by atoms with Crippen LogP contribution in [0.4, 0.5) is 5.69 Å². The molecule has 1 aromatic carbocycles. The number of hydrogen-bond acceptors (Lipinski definition) is 3. The highest BCUT2D eigenvalue weighted by molar-refractivity contribution is 6.33. The summed E-state index contributed by atoms with van der Waals surface area (Å²) in [5.74, 6) is 0.164. The lowest BCUT2D eigenvalue weighted by molar-refractivity contribution is 0.102. The van der Waals surface area contributed by atoms with Crippen LogP contribution >= 0.6 is 34.8 Å². The number of carbonyl (C=O) groups is 1. The summed E-state index contributed by atoms with van der Waals surface area (Å²) in [6.07, 6.45) is 0. The molecule has 0 aliphatic carbocycles. The van der Waals surface area contributed by atoms with Gasteiger partial charge >= 0.3 is 0 Å². The van der Waals surface area contributed by atoms with Crippen molar-refractivity contribution in [1.29, 1.82) is 0 Å². The zero-order chi connectivity index (χ0) is 14.7. The number of anilines is 1. The second-order valence-electron chi connectivity index (χ2n) is 3.80. The van der Waals surface area contributed by atoms with Crippen molar-refractivity contribution in [1.82, 2.24) is 4.98 Å². The largest absolute Gasteiger partial charge is 0.495 e. The van der Waals surface area contributed by atoms with Crippen molar-refractivity contribution in [2.24, 2.45) is 0 Å². The van der Waals surface area contributed by atoms with Gasteiger partial charge in [-0.3, -0.25) is 4.79 Å². The number of rotatable bonds is 3. The van der Waals surface area contributed by atoms with Crippen molar-refractivity contribution in [3.8, 4) is 5.75 Å². The molecular weight excluding hydrogens is 323 g/mol. The second-order valence-corrected chi connectivity index (χ2v) is 4.99. The molecule has 7 heteroatoms. The zero-order valence-electron chi connectivity index (χ0n) is 10.3. The van der Waals surface area contributed by atoms with E-state index in [1.54, 1.807) is 18.2 Å². The Labute approximate surface area is 130 Å². The molecule has 0 atom stereocenters. The minimum atomic E-state index is -0.363. The predicted molar refractivity (Wildman–Crippen MR) is 80.2 cm³/mol. The van der Waals surface area contributed by atoms with Crippen molar-refractivity contribution < 1.29 is 9.53 Å². The minimum absolute atomic E-state index is 0.149. The Balaban J connectivity index is 2.21. The van der Waals surface area contributed by atoms with E-state index in [9.17, 15) is 4.79 Å². The topological polar surface area (TPSA) is 51.2 Å². The fourth-order valence-electron chi connectivity index (χ4n) is 1.54. The number of pyridine rings is 1. The summed E-state index contributed by atoms with van der Waals surface area (Å²) >= 11 is 17.5. The summed E-state index contributed by atoms with van der Waals surface area (Å²) in [5, 5.41) is 3.38. The molecule has 0 bridgehead atoms. The van der Waals surface area contributed by atoms with Crippen LogP contribution in [0.25, 0.3) is 0 Å². The summed E-state index contributed by atoms with van der Waals surface area (Å²) in [6.45, 7) is 0. The van der Waals surface area contributed by atoms with Crippen LogP contribution in [0.15, 0.2) is 30.3 Å². The SMILES string of the molecule is COc1ccc(NC(=O)c2cc(Cl)nc(Cl)c2)cc1Cl. The van der Waals surface area contributed by atoms with Crippen LogP contribution in [0, 0.1) is 0 Å². The molecule has 0 spiro atoms. The molecular formula is C13H9Cl3N2O2. The molecule has 1 amide bonds. The quantitative estimate of drug-likeness (QED) is 0.853. The number of methoxy groups -OCH3 is 1.